The second-order valence-electron chi connectivity index (χ2n) is 7.23. The van der Waals surface area contributed by atoms with Crippen molar-refractivity contribution in [2.24, 2.45) is 0 Å². The molecule has 0 aliphatic heterocycles. The molecule has 32 heavy (non-hydrogen) atoms. The van der Waals surface area contributed by atoms with Gasteiger partial charge in [0, 0.05) is 17.7 Å². The minimum absolute atomic E-state index is 0.230. The lowest BCUT2D eigenvalue weighted by atomic mass is 10.1. The van der Waals surface area contributed by atoms with Crippen molar-refractivity contribution in [1.29, 1.82) is 0 Å². The molecule has 0 bridgehead atoms. The normalized spacial score (nSPS) is 10.7. The molecular weight excluding hydrogens is 422 g/mol. The Morgan fingerprint density at radius 1 is 1.03 bits per heavy atom. The summed E-state index contributed by atoms with van der Waals surface area (Å²) in [6, 6.07) is 22.4. The summed E-state index contributed by atoms with van der Waals surface area (Å²) in [5.41, 5.74) is 3.98. The van der Waals surface area contributed by atoms with Crippen LogP contribution in [0.4, 0.5) is 5.69 Å². The lowest BCUT2D eigenvalue weighted by molar-refractivity contribution is 0.0977. The lowest BCUT2D eigenvalue weighted by Gasteiger charge is -2.10. The van der Waals surface area contributed by atoms with Gasteiger partial charge in [0.1, 0.15) is 11.3 Å². The van der Waals surface area contributed by atoms with Crippen molar-refractivity contribution < 1.29 is 13.9 Å². The molecule has 2 N–H and O–H groups in total. The molecule has 0 saturated carbocycles. The number of benzene rings is 3. The van der Waals surface area contributed by atoms with Crippen molar-refractivity contribution in [3.05, 3.63) is 89.8 Å². The van der Waals surface area contributed by atoms with Gasteiger partial charge in [-0.25, -0.2) is 4.98 Å². The Kier molecular flexibility index (Phi) is 6.77. The van der Waals surface area contributed by atoms with Crippen LogP contribution in [0.3, 0.4) is 0 Å². The third-order valence-electron chi connectivity index (χ3n) is 4.72. The van der Waals surface area contributed by atoms with Crippen LogP contribution < -0.4 is 15.4 Å². The number of oxazole rings is 1. The van der Waals surface area contributed by atoms with E-state index >= 15 is 0 Å². The van der Waals surface area contributed by atoms with E-state index in [1.807, 2.05) is 55.5 Å². The van der Waals surface area contributed by atoms with Gasteiger partial charge in [-0.05, 0) is 72.7 Å². The number of nitrogens with one attached hydrogen (secondary N) is 2. The van der Waals surface area contributed by atoms with E-state index in [-0.39, 0.29) is 11.0 Å². The van der Waals surface area contributed by atoms with Gasteiger partial charge in [-0.1, -0.05) is 31.2 Å². The molecular formula is C25H23N3O3S. The molecule has 1 amide bonds. The first-order chi connectivity index (χ1) is 15.6. The molecule has 0 spiro atoms. The van der Waals surface area contributed by atoms with Crippen LogP contribution in [-0.4, -0.2) is 22.6 Å². The summed E-state index contributed by atoms with van der Waals surface area (Å²) < 4.78 is 11.3. The third kappa shape index (κ3) is 5.50. The molecule has 7 heteroatoms. The summed E-state index contributed by atoms with van der Waals surface area (Å²) in [5.74, 6) is 1.12. The zero-order valence-corrected chi connectivity index (χ0v) is 18.4. The van der Waals surface area contributed by atoms with Crippen molar-refractivity contribution in [3.8, 4) is 5.75 Å². The fourth-order valence-electron chi connectivity index (χ4n) is 3.14. The first-order valence-electron chi connectivity index (χ1n) is 10.4. The maximum Gasteiger partial charge on any atom is 0.257 e. The summed E-state index contributed by atoms with van der Waals surface area (Å²) in [6.45, 7) is 2.69. The minimum atomic E-state index is -0.280. The van der Waals surface area contributed by atoms with Crippen LogP contribution >= 0.6 is 12.2 Å². The maximum absolute atomic E-state index is 12.4. The van der Waals surface area contributed by atoms with Gasteiger partial charge in [-0.15, -0.1) is 0 Å². The van der Waals surface area contributed by atoms with Gasteiger partial charge >= 0.3 is 0 Å². The zero-order valence-electron chi connectivity index (χ0n) is 17.6. The molecule has 0 saturated heterocycles. The number of rotatable bonds is 7. The Balaban J connectivity index is 1.30. The van der Waals surface area contributed by atoms with Gasteiger partial charge in [-0.2, -0.15) is 0 Å². The van der Waals surface area contributed by atoms with Crippen LogP contribution in [0.2, 0.25) is 0 Å². The number of thiocarbonyl (C=S) groups is 1. The molecule has 4 aromatic rings. The fraction of sp³-hybridized carbons (Fsp3) is 0.160. The Labute approximate surface area is 191 Å². The molecule has 0 unspecified atom stereocenters. The number of ether oxygens (including phenoxy) is 1. The van der Waals surface area contributed by atoms with Gasteiger partial charge < -0.3 is 14.5 Å². The highest BCUT2D eigenvalue weighted by molar-refractivity contribution is 7.80. The van der Waals surface area contributed by atoms with E-state index in [0.29, 0.717) is 24.5 Å². The summed E-state index contributed by atoms with van der Waals surface area (Å²) in [7, 11) is 0. The van der Waals surface area contributed by atoms with Gasteiger partial charge in [-0.3, -0.25) is 10.1 Å². The highest BCUT2D eigenvalue weighted by atomic mass is 32.1. The Morgan fingerprint density at radius 3 is 2.50 bits per heavy atom. The Bertz CT molecular complexity index is 1180. The van der Waals surface area contributed by atoms with Crippen molar-refractivity contribution in [3.63, 3.8) is 0 Å². The largest absolute Gasteiger partial charge is 0.494 e. The molecule has 1 aromatic heterocycles. The average Bonchev–Trinajstić information content (AvgIpc) is 3.21. The van der Waals surface area contributed by atoms with Gasteiger partial charge in [0.25, 0.3) is 5.91 Å². The van der Waals surface area contributed by atoms with Crippen LogP contribution in [0.1, 0.15) is 35.2 Å². The number of aromatic nitrogens is 1. The molecule has 4 rings (SSSR count). The van der Waals surface area contributed by atoms with Gasteiger partial charge in [0.15, 0.2) is 16.6 Å². The lowest BCUT2D eigenvalue weighted by Crippen LogP contribution is -2.34. The number of fused-ring (bicyclic) bond motifs is 1. The van der Waals surface area contributed by atoms with Gasteiger partial charge in [0.2, 0.25) is 0 Å². The Hall–Kier alpha value is -3.71. The van der Waals surface area contributed by atoms with E-state index in [4.69, 9.17) is 21.4 Å². The second-order valence-corrected chi connectivity index (χ2v) is 7.64. The number of para-hydroxylation sites is 2. The minimum Gasteiger partial charge on any atom is -0.494 e. The first kappa shape index (κ1) is 21.5. The SMILES string of the molecule is CCCOc1ccc(C(=O)NC(=S)Nc2ccc(Cc3nc4ccccc4o3)cc2)cc1. The molecule has 0 fully saturated rings. The van der Waals surface area contributed by atoms with Crippen LogP contribution in [0.15, 0.2) is 77.2 Å². The monoisotopic (exact) mass is 445 g/mol. The van der Waals surface area contributed by atoms with Crippen LogP contribution in [0, 0.1) is 0 Å². The number of amides is 1. The predicted octanol–water partition coefficient (Wildman–Crippen LogP) is 5.33. The van der Waals surface area contributed by atoms with Crippen molar-refractivity contribution in [1.82, 2.24) is 10.3 Å². The van der Waals surface area contributed by atoms with E-state index in [9.17, 15) is 4.79 Å². The molecule has 6 nitrogen and oxygen atoms in total. The topological polar surface area (TPSA) is 76.4 Å². The number of carbonyl (C=O) groups excluding carboxylic acids is 1. The number of nitrogens with zero attached hydrogens (tertiary/aromatic N) is 1. The van der Waals surface area contributed by atoms with Crippen molar-refractivity contribution in [2.45, 2.75) is 19.8 Å². The third-order valence-corrected chi connectivity index (χ3v) is 4.93. The van der Waals surface area contributed by atoms with E-state index < -0.39 is 0 Å². The average molecular weight is 446 g/mol. The molecule has 0 aliphatic rings. The van der Waals surface area contributed by atoms with Gasteiger partial charge in [0.05, 0.1) is 6.61 Å². The first-order valence-corrected chi connectivity index (χ1v) is 10.8. The summed E-state index contributed by atoms with van der Waals surface area (Å²) in [4.78, 5) is 16.9. The van der Waals surface area contributed by atoms with E-state index in [2.05, 4.69) is 15.6 Å². The van der Waals surface area contributed by atoms with Crippen LogP contribution in [-0.2, 0) is 6.42 Å². The molecule has 0 aliphatic carbocycles. The van der Waals surface area contributed by atoms with E-state index in [1.54, 1.807) is 24.3 Å². The van der Waals surface area contributed by atoms with Crippen LogP contribution in [0.5, 0.6) is 5.75 Å². The predicted molar refractivity (Wildman–Crippen MR) is 129 cm³/mol. The van der Waals surface area contributed by atoms with Crippen molar-refractivity contribution in [2.75, 3.05) is 11.9 Å². The number of carbonyl (C=O) groups is 1. The highest BCUT2D eigenvalue weighted by Crippen LogP contribution is 2.18. The van der Waals surface area contributed by atoms with Crippen LogP contribution in [0.25, 0.3) is 11.1 Å². The molecule has 162 valence electrons. The Morgan fingerprint density at radius 2 is 1.78 bits per heavy atom. The fourth-order valence-corrected chi connectivity index (χ4v) is 3.35. The summed E-state index contributed by atoms with van der Waals surface area (Å²) in [5, 5.41) is 5.95. The maximum atomic E-state index is 12.4. The number of hydrogen-bond donors (Lipinski definition) is 2. The van der Waals surface area contributed by atoms with E-state index in [0.717, 1.165) is 34.5 Å². The quantitative estimate of drug-likeness (QED) is 0.374. The summed E-state index contributed by atoms with van der Waals surface area (Å²) in [6.07, 6.45) is 1.52. The molecule has 0 radical (unpaired) electrons. The molecule has 3 aromatic carbocycles. The number of hydrogen-bond acceptors (Lipinski definition) is 5. The van der Waals surface area contributed by atoms with Crippen molar-refractivity contribution >= 4 is 40.0 Å². The summed E-state index contributed by atoms with van der Waals surface area (Å²) >= 11 is 5.28. The second kappa shape index (κ2) is 10.1. The highest BCUT2D eigenvalue weighted by Gasteiger charge is 2.09. The standard InChI is InChI=1S/C25H23N3O3S/c1-2-15-30-20-13-9-18(10-14-20)24(29)28-25(32)26-19-11-7-17(8-12-19)16-23-27-21-5-3-4-6-22(21)31-23/h3-14H,2,15-16H2,1H3,(H2,26,28,29,32). The van der Waals surface area contributed by atoms with E-state index in [1.165, 1.54) is 0 Å². The smallest absolute Gasteiger partial charge is 0.257 e. The number of anilines is 1. The molecule has 1 heterocycles. The zero-order chi connectivity index (χ0) is 22.3. The molecule has 0 atom stereocenters.